The molecule has 0 atom stereocenters. The standard InChI is InChI=1S/C20H30N4O4S/c1-12(2)16(21)17(25)15(19(26)22-11-10-20(3,4)5)18-23-13-8-6-7-9-14(13)29(27,28)24-18/h6-9,12,21,25,27-28H,10-11H2,1-5H3,(H,22,26)(H,23,24)/b17-15+,21-16?. The number of amides is 1. The molecule has 0 radical (unpaired) electrons. The number of carbonyl (C=O) groups excluding carboxylic acids is 1. The van der Waals surface area contributed by atoms with Crippen molar-refractivity contribution in [3.05, 3.63) is 35.6 Å². The van der Waals surface area contributed by atoms with Gasteiger partial charge in [0.2, 0.25) is 0 Å². The first-order valence-corrected chi connectivity index (χ1v) is 10.9. The van der Waals surface area contributed by atoms with E-state index in [1.54, 1.807) is 32.0 Å². The van der Waals surface area contributed by atoms with Crippen LogP contribution in [0.5, 0.6) is 0 Å². The Hall–Kier alpha value is -2.36. The third kappa shape index (κ3) is 5.59. The van der Waals surface area contributed by atoms with Crippen LogP contribution < -0.4 is 10.6 Å². The fourth-order valence-corrected chi connectivity index (χ4v) is 3.78. The van der Waals surface area contributed by atoms with E-state index in [2.05, 4.69) is 15.0 Å². The largest absolute Gasteiger partial charge is 0.505 e. The molecule has 6 N–H and O–H groups in total. The van der Waals surface area contributed by atoms with Crippen molar-refractivity contribution >= 4 is 33.9 Å². The van der Waals surface area contributed by atoms with Crippen molar-refractivity contribution in [2.45, 2.75) is 45.9 Å². The van der Waals surface area contributed by atoms with E-state index in [-0.39, 0.29) is 33.3 Å². The number of aliphatic hydroxyl groups is 1. The number of amidine groups is 1. The molecule has 9 heteroatoms. The van der Waals surface area contributed by atoms with Crippen molar-refractivity contribution in [1.29, 1.82) is 5.41 Å². The number of benzene rings is 1. The average molecular weight is 423 g/mol. The summed E-state index contributed by atoms with van der Waals surface area (Å²) in [4.78, 5) is 13.1. The zero-order chi connectivity index (χ0) is 22.0. The van der Waals surface area contributed by atoms with Crippen molar-refractivity contribution in [3.8, 4) is 0 Å². The van der Waals surface area contributed by atoms with Crippen LogP contribution in [0.25, 0.3) is 0 Å². The molecule has 1 aliphatic heterocycles. The van der Waals surface area contributed by atoms with Crippen molar-refractivity contribution in [3.63, 3.8) is 0 Å². The second-order valence-electron chi connectivity index (χ2n) is 8.44. The summed E-state index contributed by atoms with van der Waals surface area (Å²) in [5.74, 6) is -1.71. The van der Waals surface area contributed by atoms with E-state index in [9.17, 15) is 19.0 Å². The Morgan fingerprint density at radius 1 is 1.28 bits per heavy atom. The third-order valence-corrected chi connectivity index (χ3v) is 5.73. The molecule has 160 valence electrons. The molecule has 0 aromatic heterocycles. The lowest BCUT2D eigenvalue weighted by atomic mass is 9.92. The highest BCUT2D eigenvalue weighted by molar-refractivity contribution is 8.23. The number of nitrogens with one attached hydrogen (secondary N) is 3. The summed E-state index contributed by atoms with van der Waals surface area (Å²) in [6.45, 7) is 9.91. The van der Waals surface area contributed by atoms with Crippen LogP contribution in [-0.2, 0) is 4.79 Å². The van der Waals surface area contributed by atoms with Gasteiger partial charge in [0, 0.05) is 6.54 Å². The summed E-state index contributed by atoms with van der Waals surface area (Å²) in [5, 5.41) is 24.4. The van der Waals surface area contributed by atoms with Gasteiger partial charge in [-0.05, 0) is 29.9 Å². The number of para-hydroxylation sites is 1. The molecular weight excluding hydrogens is 392 g/mol. The molecule has 1 aromatic carbocycles. The van der Waals surface area contributed by atoms with Crippen molar-refractivity contribution in [1.82, 2.24) is 5.32 Å². The van der Waals surface area contributed by atoms with Gasteiger partial charge >= 0.3 is 0 Å². The third-order valence-electron chi connectivity index (χ3n) is 4.35. The van der Waals surface area contributed by atoms with Crippen LogP contribution >= 0.6 is 10.8 Å². The molecule has 0 saturated heterocycles. The second kappa shape index (κ2) is 8.56. The Morgan fingerprint density at radius 2 is 1.90 bits per heavy atom. The van der Waals surface area contributed by atoms with E-state index in [0.717, 1.165) is 0 Å². The molecule has 1 aliphatic rings. The Kier molecular flexibility index (Phi) is 6.77. The quantitative estimate of drug-likeness (QED) is 0.226. The molecule has 0 aliphatic carbocycles. The molecule has 0 spiro atoms. The Labute approximate surface area is 173 Å². The minimum absolute atomic E-state index is 0.00110. The maximum absolute atomic E-state index is 12.9. The van der Waals surface area contributed by atoms with Crippen LogP contribution in [0.3, 0.4) is 0 Å². The van der Waals surface area contributed by atoms with Gasteiger partial charge in [0.15, 0.2) is 11.6 Å². The van der Waals surface area contributed by atoms with Crippen molar-refractivity contribution < 1.29 is 19.0 Å². The zero-order valence-corrected chi connectivity index (χ0v) is 18.2. The van der Waals surface area contributed by atoms with Gasteiger partial charge in [-0.3, -0.25) is 13.9 Å². The number of aliphatic hydroxyl groups excluding tert-OH is 1. The van der Waals surface area contributed by atoms with E-state index in [1.165, 1.54) is 6.07 Å². The van der Waals surface area contributed by atoms with Crippen LogP contribution in [0.2, 0.25) is 0 Å². The molecule has 1 amide bonds. The predicted octanol–water partition coefficient (Wildman–Crippen LogP) is 4.58. The van der Waals surface area contributed by atoms with E-state index < -0.39 is 22.4 Å². The van der Waals surface area contributed by atoms with E-state index in [0.29, 0.717) is 18.7 Å². The summed E-state index contributed by atoms with van der Waals surface area (Å²) in [7, 11) is -3.56. The maximum Gasteiger partial charge on any atom is 0.258 e. The molecule has 1 aromatic rings. The number of anilines is 1. The minimum Gasteiger partial charge on any atom is -0.505 e. The first-order valence-electron chi connectivity index (χ1n) is 9.38. The summed E-state index contributed by atoms with van der Waals surface area (Å²) in [5.41, 5.74) is -0.0573. The molecule has 2 rings (SSSR count). The van der Waals surface area contributed by atoms with Gasteiger partial charge in [-0.25, -0.2) is 0 Å². The average Bonchev–Trinajstić information content (AvgIpc) is 2.59. The Morgan fingerprint density at radius 3 is 2.48 bits per heavy atom. The van der Waals surface area contributed by atoms with Gasteiger partial charge in [0.1, 0.15) is 10.5 Å². The Balaban J connectivity index is 2.46. The lowest BCUT2D eigenvalue weighted by Gasteiger charge is -2.34. The number of rotatable bonds is 6. The van der Waals surface area contributed by atoms with E-state index >= 15 is 0 Å². The van der Waals surface area contributed by atoms with Crippen LogP contribution in [0.4, 0.5) is 5.69 Å². The Bertz CT molecular complexity index is 869. The fourth-order valence-electron chi connectivity index (χ4n) is 2.62. The van der Waals surface area contributed by atoms with Crippen LogP contribution in [0, 0.1) is 16.7 Å². The first-order chi connectivity index (χ1) is 13.3. The van der Waals surface area contributed by atoms with Crippen LogP contribution in [0.1, 0.15) is 41.0 Å². The zero-order valence-electron chi connectivity index (χ0n) is 17.4. The highest BCUT2D eigenvalue weighted by Crippen LogP contribution is 2.55. The first kappa shape index (κ1) is 22.9. The lowest BCUT2D eigenvalue weighted by Crippen LogP contribution is -2.36. The molecule has 8 nitrogen and oxygen atoms in total. The minimum atomic E-state index is -3.56. The number of fused-ring (bicyclic) bond motifs is 1. The number of allylic oxidation sites excluding steroid dienone is 1. The fraction of sp³-hybridized carbons (Fsp3) is 0.450. The topological polar surface area (TPSA) is 138 Å². The van der Waals surface area contributed by atoms with E-state index in [4.69, 9.17) is 5.41 Å². The SMILES string of the molecule is CC(C)C(=N)/C(O)=C(\C(=O)NCCC(C)(C)C)C1=NS(O)(O)c2ccccc2N1. The summed E-state index contributed by atoms with van der Waals surface area (Å²) >= 11 is 0. The molecule has 0 bridgehead atoms. The normalized spacial score (nSPS) is 17.4. The highest BCUT2D eigenvalue weighted by atomic mass is 32.3. The maximum atomic E-state index is 12.9. The number of carbonyl (C=O) groups is 1. The molecule has 1 heterocycles. The number of hydrogen-bond donors (Lipinski definition) is 6. The summed E-state index contributed by atoms with van der Waals surface area (Å²) < 4.78 is 24.8. The van der Waals surface area contributed by atoms with Crippen molar-refractivity contribution in [2.24, 2.45) is 15.7 Å². The van der Waals surface area contributed by atoms with Gasteiger partial charge in [-0.15, -0.1) is 4.40 Å². The molecule has 0 saturated carbocycles. The summed E-state index contributed by atoms with van der Waals surface area (Å²) in [6.07, 6.45) is 0.701. The van der Waals surface area contributed by atoms with Crippen molar-refractivity contribution in [2.75, 3.05) is 11.9 Å². The van der Waals surface area contributed by atoms with Gasteiger partial charge < -0.3 is 21.1 Å². The predicted molar refractivity (Wildman–Crippen MR) is 118 cm³/mol. The second-order valence-corrected chi connectivity index (χ2v) is 10.1. The molecular formula is C20H30N4O4S. The lowest BCUT2D eigenvalue weighted by molar-refractivity contribution is -0.117. The molecule has 0 fully saturated rings. The van der Waals surface area contributed by atoms with Gasteiger partial charge in [-0.1, -0.05) is 57.5 Å². The summed E-state index contributed by atoms with van der Waals surface area (Å²) in [6, 6.07) is 6.50. The highest BCUT2D eigenvalue weighted by Gasteiger charge is 2.32. The smallest absolute Gasteiger partial charge is 0.258 e. The monoisotopic (exact) mass is 422 g/mol. The number of hydrogen-bond acceptors (Lipinski definition) is 7. The number of nitrogens with zero attached hydrogens (tertiary/aromatic N) is 1. The molecule has 0 unspecified atom stereocenters. The van der Waals surface area contributed by atoms with Crippen LogP contribution in [0.15, 0.2) is 44.9 Å². The van der Waals surface area contributed by atoms with Gasteiger partial charge in [0.25, 0.3) is 5.91 Å². The van der Waals surface area contributed by atoms with E-state index in [1.807, 2.05) is 20.8 Å². The van der Waals surface area contributed by atoms with Gasteiger partial charge in [-0.2, -0.15) is 0 Å². The van der Waals surface area contributed by atoms with Crippen LogP contribution in [-0.4, -0.2) is 38.2 Å². The molecule has 29 heavy (non-hydrogen) atoms. The van der Waals surface area contributed by atoms with Gasteiger partial charge in [0.05, 0.1) is 11.4 Å².